The van der Waals surface area contributed by atoms with Crippen LogP contribution in [0, 0.1) is 23.7 Å². The van der Waals surface area contributed by atoms with E-state index in [-0.39, 0.29) is 25.7 Å². The smallest absolute Gasteiger partial charge is 0.462 e. The maximum atomic E-state index is 13.1. The summed E-state index contributed by atoms with van der Waals surface area (Å²) in [5.41, 5.74) is 0. The Morgan fingerprint density at radius 3 is 0.633 bits per heavy atom. The molecule has 5 atom stereocenters. The van der Waals surface area contributed by atoms with Crippen molar-refractivity contribution < 1.29 is 80.2 Å². The topological polar surface area (TPSA) is 237 Å². The Kier molecular flexibility index (Phi) is 66.8. The molecule has 3 N–H and O–H groups in total. The van der Waals surface area contributed by atoms with Crippen molar-refractivity contribution in [1.82, 2.24) is 0 Å². The first-order chi connectivity index (χ1) is 47.1. The standard InChI is InChI=1S/C79H154O17P2/c1-69(2)55-47-39-31-23-17-13-10-9-11-15-20-27-37-45-53-61-78(83)95-74(65-89-76(81)59-51-43-35-26-19-16-12-14-18-24-32-40-48-56-70(3)4)67-93-97(85,86)91-63-73(80)64-92-98(87,88)94-68-75(66-90-77(82)60-52-44-36-30-29-34-42-50-58-72(7)8)96-79(84)62-54-46-38-28-22-21-25-33-41-49-57-71(5)6/h69-75,80H,9-68H2,1-8H3,(H,85,86)(H,87,88)/t73?,74-,75-/m1/s1. The zero-order chi connectivity index (χ0) is 72.4. The number of ether oxygens (including phenoxy) is 4. The Bertz CT molecular complexity index is 1920. The minimum absolute atomic E-state index is 0.105. The minimum atomic E-state index is -4.96. The number of rotatable bonds is 76. The summed E-state index contributed by atoms with van der Waals surface area (Å²) in [4.78, 5) is 73.0. The van der Waals surface area contributed by atoms with Gasteiger partial charge in [0.1, 0.15) is 19.3 Å². The maximum absolute atomic E-state index is 13.1. The van der Waals surface area contributed by atoms with Crippen LogP contribution >= 0.6 is 15.6 Å². The maximum Gasteiger partial charge on any atom is 0.472 e. The summed E-state index contributed by atoms with van der Waals surface area (Å²) < 4.78 is 68.7. The third-order valence-electron chi connectivity index (χ3n) is 18.3. The summed E-state index contributed by atoms with van der Waals surface area (Å²) in [6.07, 6.45) is 54.1. The van der Waals surface area contributed by atoms with E-state index in [2.05, 4.69) is 55.4 Å². The zero-order valence-electron chi connectivity index (χ0n) is 64.4. The van der Waals surface area contributed by atoms with Crippen LogP contribution in [0.3, 0.4) is 0 Å². The fraction of sp³-hybridized carbons (Fsp3) is 0.949. The highest BCUT2D eigenvalue weighted by Crippen LogP contribution is 2.45. The van der Waals surface area contributed by atoms with Gasteiger partial charge in [-0.2, -0.15) is 0 Å². The van der Waals surface area contributed by atoms with E-state index in [1.165, 1.54) is 205 Å². The Labute approximate surface area is 600 Å². The Morgan fingerprint density at radius 2 is 0.429 bits per heavy atom. The Balaban J connectivity index is 5.26. The predicted octanol–water partition coefficient (Wildman–Crippen LogP) is 23.2. The van der Waals surface area contributed by atoms with Crippen LogP contribution in [0.15, 0.2) is 0 Å². The van der Waals surface area contributed by atoms with Gasteiger partial charge >= 0.3 is 39.5 Å². The second kappa shape index (κ2) is 68.2. The molecule has 0 amide bonds. The van der Waals surface area contributed by atoms with E-state index in [1.54, 1.807) is 0 Å². The molecule has 0 spiro atoms. The first kappa shape index (κ1) is 96.1. The number of aliphatic hydroxyl groups excluding tert-OH is 1. The lowest BCUT2D eigenvalue weighted by Gasteiger charge is -2.21. The van der Waals surface area contributed by atoms with Gasteiger partial charge in [0.15, 0.2) is 12.2 Å². The highest BCUT2D eigenvalue weighted by atomic mass is 31.2. The summed E-state index contributed by atoms with van der Waals surface area (Å²) in [5, 5.41) is 10.6. The molecule has 0 saturated carbocycles. The van der Waals surface area contributed by atoms with Crippen LogP contribution in [0.25, 0.3) is 0 Å². The van der Waals surface area contributed by atoms with Crippen LogP contribution in [0.1, 0.15) is 402 Å². The average Bonchev–Trinajstić information content (AvgIpc) is 1.25. The number of unbranched alkanes of at least 4 members (excludes halogenated alkanes) is 42. The summed E-state index contributed by atoms with van der Waals surface area (Å²) in [7, 11) is -9.92. The van der Waals surface area contributed by atoms with Crippen molar-refractivity contribution in [2.24, 2.45) is 23.7 Å². The molecule has 582 valence electrons. The number of phosphoric acid groups is 2. The first-order valence-corrected chi connectivity index (χ1v) is 43.7. The van der Waals surface area contributed by atoms with Gasteiger partial charge in [0.2, 0.25) is 0 Å². The van der Waals surface area contributed by atoms with Crippen LogP contribution in [-0.2, 0) is 65.4 Å². The van der Waals surface area contributed by atoms with Crippen molar-refractivity contribution in [2.45, 2.75) is 420 Å². The van der Waals surface area contributed by atoms with E-state index in [1.807, 2.05) is 0 Å². The van der Waals surface area contributed by atoms with E-state index < -0.39 is 97.5 Å². The molecule has 0 aromatic heterocycles. The second-order valence-corrected chi connectivity index (χ2v) is 33.3. The van der Waals surface area contributed by atoms with Crippen LogP contribution < -0.4 is 0 Å². The van der Waals surface area contributed by atoms with E-state index in [4.69, 9.17) is 37.0 Å². The number of carbonyl (C=O) groups is 4. The van der Waals surface area contributed by atoms with Crippen LogP contribution in [-0.4, -0.2) is 96.7 Å². The van der Waals surface area contributed by atoms with Gasteiger partial charge in [0.05, 0.1) is 26.4 Å². The molecular formula is C79H154O17P2. The minimum Gasteiger partial charge on any atom is -0.462 e. The highest BCUT2D eigenvalue weighted by Gasteiger charge is 2.30. The zero-order valence-corrected chi connectivity index (χ0v) is 66.2. The van der Waals surface area contributed by atoms with E-state index in [0.29, 0.717) is 25.7 Å². The van der Waals surface area contributed by atoms with Crippen LogP contribution in [0.5, 0.6) is 0 Å². The molecule has 3 unspecified atom stereocenters. The lowest BCUT2D eigenvalue weighted by molar-refractivity contribution is -0.161. The second-order valence-electron chi connectivity index (χ2n) is 30.4. The van der Waals surface area contributed by atoms with Gasteiger partial charge in [-0.3, -0.25) is 37.3 Å². The molecule has 0 saturated heterocycles. The quantitative estimate of drug-likeness (QED) is 0.0222. The fourth-order valence-corrected chi connectivity index (χ4v) is 13.7. The summed E-state index contributed by atoms with van der Waals surface area (Å²) in [6.45, 7) is 14.2. The van der Waals surface area contributed by atoms with E-state index >= 15 is 0 Å². The SMILES string of the molecule is CC(C)CCCCCCCCCCCCCCCCCC(=O)O[C@H](COC(=O)CCCCCCCCCCCCCCCC(C)C)COP(=O)(O)OCC(O)COP(=O)(O)OC[C@@H](COC(=O)CCCCCCCCCCC(C)C)OC(=O)CCCCCCCCCCCCC(C)C. The van der Waals surface area contributed by atoms with Gasteiger partial charge in [0, 0.05) is 25.7 Å². The van der Waals surface area contributed by atoms with Gasteiger partial charge in [-0.25, -0.2) is 9.13 Å². The fourth-order valence-electron chi connectivity index (χ4n) is 12.1. The molecule has 0 radical (unpaired) electrons. The van der Waals surface area contributed by atoms with Gasteiger partial charge in [-0.05, 0) is 49.4 Å². The summed E-state index contributed by atoms with van der Waals surface area (Å²) in [6, 6.07) is 0. The van der Waals surface area contributed by atoms with E-state index in [0.717, 1.165) is 114 Å². The van der Waals surface area contributed by atoms with Crippen molar-refractivity contribution in [3.05, 3.63) is 0 Å². The number of esters is 4. The molecule has 17 nitrogen and oxygen atoms in total. The van der Waals surface area contributed by atoms with Gasteiger partial charge in [-0.15, -0.1) is 0 Å². The van der Waals surface area contributed by atoms with Crippen LogP contribution in [0.2, 0.25) is 0 Å². The lowest BCUT2D eigenvalue weighted by Crippen LogP contribution is -2.30. The summed E-state index contributed by atoms with van der Waals surface area (Å²) >= 11 is 0. The number of aliphatic hydroxyl groups is 1. The lowest BCUT2D eigenvalue weighted by atomic mass is 10.0. The normalized spacial score (nSPS) is 14.1. The average molecular weight is 1440 g/mol. The molecular weight excluding hydrogens is 1280 g/mol. The molecule has 0 heterocycles. The predicted molar refractivity (Wildman–Crippen MR) is 400 cm³/mol. The van der Waals surface area contributed by atoms with Crippen molar-refractivity contribution in [3.8, 4) is 0 Å². The molecule has 0 bridgehead atoms. The highest BCUT2D eigenvalue weighted by molar-refractivity contribution is 7.47. The first-order valence-electron chi connectivity index (χ1n) is 40.7. The molecule has 19 heteroatoms. The molecule has 0 aromatic carbocycles. The third kappa shape index (κ3) is 72.4. The third-order valence-corrected chi connectivity index (χ3v) is 20.2. The Hall–Kier alpha value is -1.94. The molecule has 0 aromatic rings. The molecule has 0 aliphatic heterocycles. The summed E-state index contributed by atoms with van der Waals surface area (Å²) in [5.74, 6) is 0.955. The monoisotopic (exact) mass is 1440 g/mol. The van der Waals surface area contributed by atoms with Gasteiger partial charge in [-0.1, -0.05) is 351 Å². The number of phosphoric ester groups is 2. The molecule has 98 heavy (non-hydrogen) atoms. The van der Waals surface area contributed by atoms with Crippen molar-refractivity contribution in [2.75, 3.05) is 39.6 Å². The largest absolute Gasteiger partial charge is 0.472 e. The van der Waals surface area contributed by atoms with E-state index in [9.17, 15) is 43.2 Å². The van der Waals surface area contributed by atoms with Crippen molar-refractivity contribution >= 4 is 39.5 Å². The number of hydrogen-bond donors (Lipinski definition) is 3. The van der Waals surface area contributed by atoms with Gasteiger partial charge in [0.25, 0.3) is 0 Å². The Morgan fingerprint density at radius 1 is 0.255 bits per heavy atom. The number of carbonyl (C=O) groups excluding carboxylic acids is 4. The molecule has 0 fully saturated rings. The molecule has 0 aliphatic carbocycles. The van der Waals surface area contributed by atoms with Crippen LogP contribution in [0.4, 0.5) is 0 Å². The molecule has 0 aliphatic rings. The number of hydrogen-bond acceptors (Lipinski definition) is 15. The molecule has 0 rings (SSSR count). The van der Waals surface area contributed by atoms with Crippen molar-refractivity contribution in [3.63, 3.8) is 0 Å². The van der Waals surface area contributed by atoms with Gasteiger partial charge < -0.3 is 33.8 Å². The van der Waals surface area contributed by atoms with Crippen molar-refractivity contribution in [1.29, 1.82) is 0 Å².